The number of nitrogens with zero attached hydrogens (tertiary/aromatic N) is 1. The summed E-state index contributed by atoms with van der Waals surface area (Å²) in [4.78, 5) is 13.7. The molecule has 0 saturated carbocycles. The number of hydrogen-bond acceptors (Lipinski definition) is 4. The maximum absolute atomic E-state index is 12.2. The monoisotopic (exact) mass is 304 g/mol. The third-order valence-electron chi connectivity index (χ3n) is 3.31. The molecule has 1 saturated heterocycles. The summed E-state index contributed by atoms with van der Waals surface area (Å²) in [6.45, 7) is 0.936. The van der Waals surface area contributed by atoms with Crippen LogP contribution in [0.4, 0.5) is 18.9 Å². The van der Waals surface area contributed by atoms with Crippen molar-refractivity contribution in [1.29, 1.82) is 0 Å². The number of nitrogens with two attached hydrogens (primary N) is 1. The number of carbonyl (C=O) groups excluding carboxylic acids is 1. The standard InChI is InChI=1S/C13H15F3N2O3/c14-13(15,16)21-11-2-1-9(5-10(11)17)12(20)18-4-3-8(6-18)7-19/h1-2,5,8,19H,3-4,6-7,17H2. The maximum atomic E-state index is 12.2. The van der Waals surface area contributed by atoms with E-state index in [-0.39, 0.29) is 29.7 Å². The summed E-state index contributed by atoms with van der Waals surface area (Å²) in [5.74, 6) is -0.816. The predicted molar refractivity (Wildman–Crippen MR) is 68.6 cm³/mol. The number of rotatable bonds is 3. The molecule has 0 aliphatic carbocycles. The second kappa shape index (κ2) is 5.80. The molecule has 0 bridgehead atoms. The molecule has 1 aromatic rings. The number of anilines is 1. The van der Waals surface area contributed by atoms with Crippen molar-refractivity contribution in [2.75, 3.05) is 25.4 Å². The van der Waals surface area contributed by atoms with E-state index in [4.69, 9.17) is 10.8 Å². The molecule has 1 amide bonds. The van der Waals surface area contributed by atoms with E-state index in [2.05, 4.69) is 4.74 Å². The quantitative estimate of drug-likeness (QED) is 0.832. The van der Waals surface area contributed by atoms with E-state index in [0.717, 1.165) is 12.1 Å². The van der Waals surface area contributed by atoms with Crippen molar-refractivity contribution < 1.29 is 27.8 Å². The van der Waals surface area contributed by atoms with Crippen LogP contribution in [-0.4, -0.2) is 42.0 Å². The highest BCUT2D eigenvalue weighted by Gasteiger charge is 2.32. The Kier molecular flexibility index (Phi) is 4.26. The fraction of sp³-hybridized carbons (Fsp3) is 0.462. The minimum absolute atomic E-state index is 0.00425. The van der Waals surface area contributed by atoms with Gasteiger partial charge in [0, 0.05) is 31.2 Å². The van der Waals surface area contributed by atoms with Crippen LogP contribution in [-0.2, 0) is 0 Å². The molecule has 0 aromatic heterocycles. The van der Waals surface area contributed by atoms with Gasteiger partial charge in [-0.05, 0) is 24.6 Å². The Hall–Kier alpha value is -1.96. The third-order valence-corrected chi connectivity index (χ3v) is 3.31. The fourth-order valence-electron chi connectivity index (χ4n) is 2.25. The van der Waals surface area contributed by atoms with Gasteiger partial charge in [0.05, 0.1) is 5.69 Å². The highest BCUT2D eigenvalue weighted by atomic mass is 19.4. The van der Waals surface area contributed by atoms with Gasteiger partial charge in [0.25, 0.3) is 5.91 Å². The molecule has 8 heteroatoms. The largest absolute Gasteiger partial charge is 0.573 e. The van der Waals surface area contributed by atoms with Crippen LogP contribution in [0, 0.1) is 5.92 Å². The van der Waals surface area contributed by atoms with Gasteiger partial charge < -0.3 is 20.5 Å². The van der Waals surface area contributed by atoms with Crippen molar-refractivity contribution in [2.24, 2.45) is 5.92 Å². The number of amides is 1. The number of aliphatic hydroxyl groups is 1. The summed E-state index contributed by atoms with van der Waals surface area (Å²) >= 11 is 0. The summed E-state index contributed by atoms with van der Waals surface area (Å²) in [6.07, 6.45) is -4.13. The summed E-state index contributed by atoms with van der Waals surface area (Å²) in [6, 6.07) is 3.43. The predicted octanol–water partition coefficient (Wildman–Crippen LogP) is 1.62. The number of benzene rings is 1. The number of aliphatic hydroxyl groups excluding tert-OH is 1. The number of alkyl halides is 3. The zero-order valence-electron chi connectivity index (χ0n) is 11.1. The Morgan fingerprint density at radius 2 is 2.19 bits per heavy atom. The molecule has 0 radical (unpaired) electrons. The van der Waals surface area contributed by atoms with E-state index >= 15 is 0 Å². The van der Waals surface area contributed by atoms with E-state index < -0.39 is 12.1 Å². The van der Waals surface area contributed by atoms with E-state index in [9.17, 15) is 18.0 Å². The van der Waals surface area contributed by atoms with Gasteiger partial charge >= 0.3 is 6.36 Å². The van der Waals surface area contributed by atoms with Crippen LogP contribution >= 0.6 is 0 Å². The molecule has 0 spiro atoms. The molecule has 1 fully saturated rings. The van der Waals surface area contributed by atoms with Crippen LogP contribution in [0.15, 0.2) is 18.2 Å². The zero-order chi connectivity index (χ0) is 15.6. The molecule has 21 heavy (non-hydrogen) atoms. The Bertz CT molecular complexity index is 534. The first-order valence-corrected chi connectivity index (χ1v) is 6.35. The summed E-state index contributed by atoms with van der Waals surface area (Å²) in [5.41, 5.74) is 5.42. The minimum Gasteiger partial charge on any atom is -0.404 e. The highest BCUT2D eigenvalue weighted by molar-refractivity contribution is 5.95. The molecule has 1 heterocycles. The number of carbonyl (C=O) groups is 1. The van der Waals surface area contributed by atoms with Crippen molar-refractivity contribution in [3.8, 4) is 5.75 Å². The molecular formula is C13H15F3N2O3. The molecular weight excluding hydrogens is 289 g/mol. The average molecular weight is 304 g/mol. The molecule has 5 nitrogen and oxygen atoms in total. The maximum Gasteiger partial charge on any atom is 0.573 e. The Morgan fingerprint density at radius 3 is 2.71 bits per heavy atom. The van der Waals surface area contributed by atoms with E-state index in [1.54, 1.807) is 4.90 Å². The van der Waals surface area contributed by atoms with Crippen LogP contribution in [0.1, 0.15) is 16.8 Å². The second-order valence-corrected chi connectivity index (χ2v) is 4.89. The van der Waals surface area contributed by atoms with Gasteiger partial charge in [-0.25, -0.2) is 0 Å². The van der Waals surface area contributed by atoms with Crippen LogP contribution < -0.4 is 10.5 Å². The van der Waals surface area contributed by atoms with Gasteiger partial charge in [-0.15, -0.1) is 13.2 Å². The zero-order valence-corrected chi connectivity index (χ0v) is 11.1. The first-order chi connectivity index (χ1) is 9.80. The van der Waals surface area contributed by atoms with Crippen LogP contribution in [0.3, 0.4) is 0 Å². The Balaban J connectivity index is 2.11. The third kappa shape index (κ3) is 3.78. The lowest BCUT2D eigenvalue weighted by Gasteiger charge is -2.17. The SMILES string of the molecule is Nc1cc(C(=O)N2CCC(CO)C2)ccc1OC(F)(F)F. The van der Waals surface area contributed by atoms with Gasteiger partial charge in [0.15, 0.2) is 5.75 Å². The number of ether oxygens (including phenoxy) is 1. The normalized spacial score (nSPS) is 18.9. The summed E-state index contributed by atoms with van der Waals surface area (Å²) in [5, 5.41) is 9.04. The smallest absolute Gasteiger partial charge is 0.404 e. The van der Waals surface area contributed by atoms with Gasteiger partial charge in [0.1, 0.15) is 0 Å². The minimum atomic E-state index is -4.83. The Labute approximate surface area is 119 Å². The first kappa shape index (κ1) is 15.4. The fourth-order valence-corrected chi connectivity index (χ4v) is 2.25. The van der Waals surface area contributed by atoms with Crippen molar-refractivity contribution in [1.82, 2.24) is 4.90 Å². The molecule has 1 aliphatic rings. The van der Waals surface area contributed by atoms with Gasteiger partial charge in [-0.1, -0.05) is 0 Å². The van der Waals surface area contributed by atoms with E-state index in [0.29, 0.717) is 19.5 Å². The van der Waals surface area contributed by atoms with E-state index in [1.807, 2.05) is 0 Å². The lowest BCUT2D eigenvalue weighted by Crippen LogP contribution is -2.29. The van der Waals surface area contributed by atoms with Gasteiger partial charge in [-0.2, -0.15) is 0 Å². The molecule has 116 valence electrons. The number of hydrogen-bond donors (Lipinski definition) is 2. The summed E-state index contributed by atoms with van der Waals surface area (Å²) < 4.78 is 40.1. The number of halogens is 3. The van der Waals surface area contributed by atoms with Crippen LogP contribution in [0.5, 0.6) is 5.75 Å². The van der Waals surface area contributed by atoms with Gasteiger partial charge in [0.2, 0.25) is 0 Å². The van der Waals surface area contributed by atoms with Crippen molar-refractivity contribution in [3.63, 3.8) is 0 Å². The molecule has 1 aliphatic heterocycles. The van der Waals surface area contributed by atoms with Crippen LogP contribution in [0.25, 0.3) is 0 Å². The number of likely N-dealkylation sites (tertiary alicyclic amines) is 1. The van der Waals surface area contributed by atoms with Crippen molar-refractivity contribution in [2.45, 2.75) is 12.8 Å². The number of nitrogen functional groups attached to an aromatic ring is 1. The lowest BCUT2D eigenvalue weighted by molar-refractivity contribution is -0.274. The molecule has 3 N–H and O–H groups in total. The van der Waals surface area contributed by atoms with Crippen molar-refractivity contribution in [3.05, 3.63) is 23.8 Å². The molecule has 1 atom stereocenters. The first-order valence-electron chi connectivity index (χ1n) is 6.35. The topological polar surface area (TPSA) is 75.8 Å². The van der Waals surface area contributed by atoms with Crippen molar-refractivity contribution >= 4 is 11.6 Å². The van der Waals surface area contributed by atoms with E-state index in [1.165, 1.54) is 6.07 Å². The van der Waals surface area contributed by atoms with Crippen LogP contribution in [0.2, 0.25) is 0 Å². The van der Waals surface area contributed by atoms with Gasteiger partial charge in [-0.3, -0.25) is 4.79 Å². The molecule has 1 unspecified atom stereocenters. The lowest BCUT2D eigenvalue weighted by atomic mass is 10.1. The molecule has 2 rings (SSSR count). The second-order valence-electron chi connectivity index (χ2n) is 4.89. The molecule has 1 aromatic carbocycles. The average Bonchev–Trinajstić information content (AvgIpc) is 2.87. The Morgan fingerprint density at radius 1 is 1.48 bits per heavy atom. The highest BCUT2D eigenvalue weighted by Crippen LogP contribution is 2.29. The summed E-state index contributed by atoms with van der Waals surface area (Å²) in [7, 11) is 0.